The van der Waals surface area contributed by atoms with Crippen molar-refractivity contribution in [3.05, 3.63) is 85.1 Å². The van der Waals surface area contributed by atoms with Crippen LogP contribution >= 0.6 is 0 Å². The number of rotatable bonds is 53. The van der Waals surface area contributed by atoms with E-state index in [0.717, 1.165) is 89.9 Å². The standard InChI is InChI=1S/C64H110O6/c1-4-7-10-13-16-19-22-25-28-29-30-31-32-33-34-35-37-39-42-45-48-51-54-57-63(66)69-60-61(59-68-62(65)56-53-50-47-44-41-38-27-24-21-18-15-12-9-6-3)70-64(67)58-55-52-49-46-43-40-36-26-23-20-17-14-11-8-5-2/h7,10,16,19,25,28,30-31,33-34,37,39,45,48,61H,4-6,8-9,11-15,17-18,20-24,26-27,29,32,35-36,38,40-44,46-47,49-60H2,1-3H3/b10-7-,19-16-,28-25-,31-30-,34-33-,39-37-,48-45-. The number of unbranched alkanes of at least 4 members (excludes halogenated alkanes) is 28. The molecule has 6 nitrogen and oxygen atoms in total. The highest BCUT2D eigenvalue weighted by Crippen LogP contribution is 2.16. The van der Waals surface area contributed by atoms with Crippen LogP contribution in [0, 0.1) is 0 Å². The maximum atomic E-state index is 12.9. The lowest BCUT2D eigenvalue weighted by atomic mass is 10.0. The molecule has 0 aliphatic rings. The Morgan fingerprint density at radius 2 is 0.557 bits per heavy atom. The monoisotopic (exact) mass is 975 g/mol. The summed E-state index contributed by atoms with van der Waals surface area (Å²) in [7, 11) is 0. The van der Waals surface area contributed by atoms with Crippen molar-refractivity contribution >= 4 is 17.9 Å². The number of carbonyl (C=O) groups excluding carboxylic acids is 3. The van der Waals surface area contributed by atoms with Gasteiger partial charge in [0.15, 0.2) is 6.10 Å². The zero-order valence-corrected chi connectivity index (χ0v) is 46.0. The first-order chi connectivity index (χ1) is 34.5. The molecule has 0 aromatic rings. The molecule has 1 unspecified atom stereocenters. The predicted molar refractivity (Wildman–Crippen MR) is 302 cm³/mol. The van der Waals surface area contributed by atoms with Crippen molar-refractivity contribution in [3.8, 4) is 0 Å². The number of allylic oxidation sites excluding steroid dienone is 14. The normalized spacial score (nSPS) is 12.7. The van der Waals surface area contributed by atoms with Crippen LogP contribution in [-0.2, 0) is 28.6 Å². The molecule has 0 fully saturated rings. The van der Waals surface area contributed by atoms with E-state index in [2.05, 4.69) is 106 Å². The van der Waals surface area contributed by atoms with E-state index in [9.17, 15) is 14.4 Å². The van der Waals surface area contributed by atoms with E-state index in [1.807, 2.05) is 0 Å². The molecule has 1 atom stereocenters. The van der Waals surface area contributed by atoms with Crippen LogP contribution in [-0.4, -0.2) is 37.2 Å². The number of ether oxygens (including phenoxy) is 3. The summed E-state index contributed by atoms with van der Waals surface area (Å²) in [6, 6.07) is 0. The second kappa shape index (κ2) is 58.2. The zero-order valence-electron chi connectivity index (χ0n) is 46.0. The molecule has 0 spiro atoms. The summed E-state index contributed by atoms with van der Waals surface area (Å²) in [6.45, 7) is 6.50. The first kappa shape index (κ1) is 66.6. The van der Waals surface area contributed by atoms with Crippen LogP contribution in [0.15, 0.2) is 85.1 Å². The summed E-state index contributed by atoms with van der Waals surface area (Å²) in [6.07, 6.45) is 75.8. The van der Waals surface area contributed by atoms with Crippen LogP contribution in [0.2, 0.25) is 0 Å². The highest BCUT2D eigenvalue weighted by Gasteiger charge is 2.19. The van der Waals surface area contributed by atoms with Crippen molar-refractivity contribution < 1.29 is 28.6 Å². The number of hydrogen-bond acceptors (Lipinski definition) is 6. The van der Waals surface area contributed by atoms with Crippen molar-refractivity contribution in [2.75, 3.05) is 13.2 Å². The van der Waals surface area contributed by atoms with E-state index in [1.165, 1.54) is 148 Å². The van der Waals surface area contributed by atoms with Crippen molar-refractivity contribution in [1.82, 2.24) is 0 Å². The van der Waals surface area contributed by atoms with Crippen molar-refractivity contribution in [2.24, 2.45) is 0 Å². The maximum Gasteiger partial charge on any atom is 0.306 e. The minimum absolute atomic E-state index is 0.0906. The molecule has 0 heterocycles. The highest BCUT2D eigenvalue weighted by molar-refractivity contribution is 5.71. The molecule has 6 heteroatoms. The van der Waals surface area contributed by atoms with Gasteiger partial charge in [0.1, 0.15) is 13.2 Å². The molecular formula is C64H110O6. The zero-order chi connectivity index (χ0) is 50.7. The molecule has 0 aliphatic heterocycles. The maximum absolute atomic E-state index is 12.9. The third-order valence-corrected chi connectivity index (χ3v) is 12.7. The van der Waals surface area contributed by atoms with Crippen LogP contribution in [0.1, 0.15) is 284 Å². The fourth-order valence-electron chi connectivity index (χ4n) is 8.26. The number of esters is 3. The van der Waals surface area contributed by atoms with Crippen molar-refractivity contribution in [2.45, 2.75) is 290 Å². The molecule has 0 radical (unpaired) electrons. The molecule has 0 bridgehead atoms. The van der Waals surface area contributed by atoms with Crippen molar-refractivity contribution in [3.63, 3.8) is 0 Å². The minimum atomic E-state index is -0.797. The van der Waals surface area contributed by atoms with Gasteiger partial charge in [0.2, 0.25) is 0 Å². The Kier molecular flexibility index (Phi) is 55.3. The first-order valence-corrected chi connectivity index (χ1v) is 29.6. The van der Waals surface area contributed by atoms with E-state index in [1.54, 1.807) is 0 Å². The van der Waals surface area contributed by atoms with Crippen LogP contribution < -0.4 is 0 Å². The van der Waals surface area contributed by atoms with Gasteiger partial charge in [-0.1, -0.05) is 279 Å². The lowest BCUT2D eigenvalue weighted by Crippen LogP contribution is -2.30. The first-order valence-electron chi connectivity index (χ1n) is 29.6. The van der Waals surface area contributed by atoms with E-state index in [-0.39, 0.29) is 37.5 Å². The van der Waals surface area contributed by atoms with Gasteiger partial charge >= 0.3 is 17.9 Å². The third-order valence-electron chi connectivity index (χ3n) is 12.7. The molecule has 402 valence electrons. The fourth-order valence-corrected chi connectivity index (χ4v) is 8.26. The molecular weight excluding hydrogens is 865 g/mol. The van der Waals surface area contributed by atoms with E-state index < -0.39 is 6.10 Å². The molecule has 70 heavy (non-hydrogen) atoms. The van der Waals surface area contributed by atoms with E-state index in [4.69, 9.17) is 14.2 Å². The number of hydrogen-bond donors (Lipinski definition) is 0. The van der Waals surface area contributed by atoms with Gasteiger partial charge in [-0.25, -0.2) is 0 Å². The van der Waals surface area contributed by atoms with Crippen LogP contribution in [0.5, 0.6) is 0 Å². The molecule has 0 saturated heterocycles. The van der Waals surface area contributed by atoms with Gasteiger partial charge in [-0.2, -0.15) is 0 Å². The second-order valence-electron chi connectivity index (χ2n) is 19.5. The number of carbonyl (C=O) groups is 3. The average molecular weight is 976 g/mol. The largest absolute Gasteiger partial charge is 0.462 e. The second-order valence-corrected chi connectivity index (χ2v) is 19.5. The Morgan fingerprint density at radius 1 is 0.300 bits per heavy atom. The summed E-state index contributed by atoms with van der Waals surface area (Å²) >= 11 is 0. The summed E-state index contributed by atoms with van der Waals surface area (Å²) in [4.78, 5) is 38.2. The Morgan fingerprint density at radius 3 is 0.871 bits per heavy atom. The highest BCUT2D eigenvalue weighted by atomic mass is 16.6. The fraction of sp³-hybridized carbons (Fsp3) is 0.734. The summed E-state index contributed by atoms with van der Waals surface area (Å²) < 4.78 is 16.8. The van der Waals surface area contributed by atoms with Gasteiger partial charge in [0, 0.05) is 19.3 Å². The van der Waals surface area contributed by atoms with Crippen LogP contribution in [0.3, 0.4) is 0 Å². The smallest absolute Gasteiger partial charge is 0.306 e. The van der Waals surface area contributed by atoms with Crippen LogP contribution in [0.25, 0.3) is 0 Å². The Balaban J connectivity index is 4.44. The minimum Gasteiger partial charge on any atom is -0.462 e. The lowest BCUT2D eigenvalue weighted by Gasteiger charge is -2.18. The molecule has 0 aromatic carbocycles. The Bertz CT molecular complexity index is 1350. The topological polar surface area (TPSA) is 78.9 Å². The summed E-state index contributed by atoms with van der Waals surface area (Å²) in [5.41, 5.74) is 0. The molecule has 0 N–H and O–H groups in total. The van der Waals surface area contributed by atoms with Gasteiger partial charge in [-0.3, -0.25) is 14.4 Å². The molecule has 0 aromatic heterocycles. The average Bonchev–Trinajstić information content (AvgIpc) is 3.36. The molecule has 0 aliphatic carbocycles. The van der Waals surface area contributed by atoms with Gasteiger partial charge < -0.3 is 14.2 Å². The third kappa shape index (κ3) is 55.5. The Labute approximate surface area is 433 Å². The van der Waals surface area contributed by atoms with Gasteiger partial charge in [-0.15, -0.1) is 0 Å². The molecule has 0 rings (SSSR count). The summed E-state index contributed by atoms with van der Waals surface area (Å²) in [5, 5.41) is 0. The van der Waals surface area contributed by atoms with Gasteiger partial charge in [-0.05, 0) is 70.6 Å². The van der Waals surface area contributed by atoms with E-state index >= 15 is 0 Å². The molecule has 0 saturated carbocycles. The SMILES string of the molecule is CC/C=C\C/C=C\C/C=C\C/C=C\C/C=C\C/C=C\C/C=C\CCCC(=O)OCC(COC(=O)CCCCCCCCCCCCCCCC)OC(=O)CCCCCCCCCCCCCCCCC. The summed E-state index contributed by atoms with van der Waals surface area (Å²) in [5.74, 6) is -0.942. The predicted octanol–water partition coefficient (Wildman–Crippen LogP) is 19.9. The van der Waals surface area contributed by atoms with E-state index in [0.29, 0.717) is 19.3 Å². The molecule has 0 amide bonds. The van der Waals surface area contributed by atoms with Crippen LogP contribution in [0.4, 0.5) is 0 Å². The lowest BCUT2D eigenvalue weighted by molar-refractivity contribution is -0.167. The Hall–Kier alpha value is -3.41. The van der Waals surface area contributed by atoms with Gasteiger partial charge in [0.05, 0.1) is 0 Å². The quantitative estimate of drug-likeness (QED) is 0.0261. The van der Waals surface area contributed by atoms with Crippen molar-refractivity contribution in [1.29, 1.82) is 0 Å². The van der Waals surface area contributed by atoms with Gasteiger partial charge in [0.25, 0.3) is 0 Å².